The standard InChI is InChI=1S/C23H39NO2/c1-18(2)23(25)26-17-19-13-15-22(16-14-19)24(20-9-5-3-6-10-20)21-11-7-4-8-12-21/h19-22H,1,3-17H2,2H3. The van der Waals surface area contributed by atoms with Crippen LogP contribution in [0.1, 0.15) is 96.8 Å². The van der Waals surface area contributed by atoms with Gasteiger partial charge in [-0.1, -0.05) is 45.1 Å². The third-order valence-electron chi connectivity index (χ3n) is 7.03. The summed E-state index contributed by atoms with van der Waals surface area (Å²) in [6.07, 6.45) is 19.3. The van der Waals surface area contributed by atoms with Gasteiger partial charge in [-0.2, -0.15) is 0 Å². The molecule has 0 radical (unpaired) electrons. The molecule has 0 amide bonds. The molecular weight excluding hydrogens is 322 g/mol. The molecule has 3 aliphatic carbocycles. The zero-order valence-corrected chi connectivity index (χ0v) is 16.9. The highest BCUT2D eigenvalue weighted by molar-refractivity contribution is 5.86. The van der Waals surface area contributed by atoms with Crippen LogP contribution >= 0.6 is 0 Å². The van der Waals surface area contributed by atoms with Crippen molar-refractivity contribution in [1.82, 2.24) is 4.90 Å². The lowest BCUT2D eigenvalue weighted by molar-refractivity contribution is -0.140. The van der Waals surface area contributed by atoms with E-state index in [9.17, 15) is 4.79 Å². The van der Waals surface area contributed by atoms with Crippen LogP contribution in [0, 0.1) is 5.92 Å². The Morgan fingerprint density at radius 3 is 1.73 bits per heavy atom. The highest BCUT2D eigenvalue weighted by atomic mass is 16.5. The number of nitrogens with zero attached hydrogens (tertiary/aromatic N) is 1. The molecule has 3 rings (SSSR count). The molecule has 3 heteroatoms. The summed E-state index contributed by atoms with van der Waals surface area (Å²) in [7, 11) is 0. The molecule has 3 nitrogen and oxygen atoms in total. The van der Waals surface area contributed by atoms with Crippen molar-refractivity contribution in [2.75, 3.05) is 6.61 Å². The van der Waals surface area contributed by atoms with Crippen LogP contribution in [-0.2, 0) is 9.53 Å². The van der Waals surface area contributed by atoms with Gasteiger partial charge in [0.15, 0.2) is 0 Å². The minimum absolute atomic E-state index is 0.224. The second-order valence-electron chi connectivity index (χ2n) is 9.08. The Morgan fingerprint density at radius 1 is 0.808 bits per heavy atom. The number of hydrogen-bond donors (Lipinski definition) is 0. The fourth-order valence-corrected chi connectivity index (χ4v) is 5.58. The zero-order valence-electron chi connectivity index (χ0n) is 16.9. The van der Waals surface area contributed by atoms with Crippen molar-refractivity contribution in [2.45, 2.75) is 115 Å². The summed E-state index contributed by atoms with van der Waals surface area (Å²) in [4.78, 5) is 14.6. The van der Waals surface area contributed by atoms with E-state index in [0.717, 1.165) is 18.1 Å². The molecule has 26 heavy (non-hydrogen) atoms. The lowest BCUT2D eigenvalue weighted by Crippen LogP contribution is -2.52. The van der Waals surface area contributed by atoms with Crippen molar-refractivity contribution in [1.29, 1.82) is 0 Å². The first-order valence-corrected chi connectivity index (χ1v) is 11.2. The molecule has 3 fully saturated rings. The van der Waals surface area contributed by atoms with Gasteiger partial charge in [-0.15, -0.1) is 0 Å². The Labute approximate surface area is 160 Å². The maximum absolute atomic E-state index is 11.6. The van der Waals surface area contributed by atoms with Crippen LogP contribution < -0.4 is 0 Å². The third kappa shape index (κ3) is 5.34. The van der Waals surface area contributed by atoms with E-state index in [4.69, 9.17) is 4.74 Å². The maximum Gasteiger partial charge on any atom is 0.333 e. The van der Waals surface area contributed by atoms with E-state index in [1.807, 2.05) is 0 Å². The van der Waals surface area contributed by atoms with E-state index < -0.39 is 0 Å². The van der Waals surface area contributed by atoms with Crippen molar-refractivity contribution >= 4 is 5.97 Å². The Bertz CT molecular complexity index is 437. The molecule has 3 saturated carbocycles. The molecule has 0 heterocycles. The second kappa shape index (κ2) is 9.92. The van der Waals surface area contributed by atoms with E-state index in [0.29, 0.717) is 18.1 Å². The molecule has 148 valence electrons. The second-order valence-corrected chi connectivity index (χ2v) is 9.08. The quantitative estimate of drug-likeness (QED) is 0.453. The van der Waals surface area contributed by atoms with Gasteiger partial charge in [-0.3, -0.25) is 4.90 Å². The molecule has 0 spiro atoms. The molecule has 0 unspecified atom stereocenters. The van der Waals surface area contributed by atoms with Crippen LogP contribution in [0.4, 0.5) is 0 Å². The maximum atomic E-state index is 11.6. The van der Waals surface area contributed by atoms with E-state index in [2.05, 4.69) is 11.5 Å². The SMILES string of the molecule is C=C(C)C(=O)OCC1CCC(N(C2CCCCC2)C2CCCCC2)CC1. The van der Waals surface area contributed by atoms with Gasteiger partial charge < -0.3 is 4.74 Å². The van der Waals surface area contributed by atoms with Crippen LogP contribution in [0.3, 0.4) is 0 Å². The highest BCUT2D eigenvalue weighted by Gasteiger charge is 2.36. The van der Waals surface area contributed by atoms with Gasteiger partial charge in [0.05, 0.1) is 6.61 Å². The van der Waals surface area contributed by atoms with Gasteiger partial charge >= 0.3 is 5.97 Å². The van der Waals surface area contributed by atoms with Crippen molar-refractivity contribution in [3.8, 4) is 0 Å². The number of carbonyl (C=O) groups excluding carboxylic acids is 1. The average molecular weight is 362 g/mol. The number of hydrogen-bond acceptors (Lipinski definition) is 3. The minimum atomic E-state index is -0.224. The van der Waals surface area contributed by atoms with Crippen LogP contribution in [0.25, 0.3) is 0 Å². The van der Waals surface area contributed by atoms with Crippen molar-refractivity contribution in [2.24, 2.45) is 5.92 Å². The van der Waals surface area contributed by atoms with Crippen LogP contribution in [0.2, 0.25) is 0 Å². The smallest absolute Gasteiger partial charge is 0.333 e. The summed E-state index contributed by atoms with van der Waals surface area (Å²) >= 11 is 0. The summed E-state index contributed by atoms with van der Waals surface area (Å²) in [5.74, 6) is 0.326. The molecule has 0 bridgehead atoms. The van der Waals surface area contributed by atoms with Gasteiger partial charge in [-0.25, -0.2) is 4.79 Å². The van der Waals surface area contributed by atoms with Gasteiger partial charge in [0.1, 0.15) is 0 Å². The normalized spacial score (nSPS) is 28.8. The fraction of sp³-hybridized carbons (Fsp3) is 0.870. The van der Waals surface area contributed by atoms with Gasteiger partial charge in [0, 0.05) is 23.7 Å². The van der Waals surface area contributed by atoms with E-state index in [-0.39, 0.29) is 5.97 Å². The third-order valence-corrected chi connectivity index (χ3v) is 7.03. The summed E-state index contributed by atoms with van der Waals surface area (Å²) in [5, 5.41) is 0. The van der Waals surface area contributed by atoms with Crippen molar-refractivity contribution in [3.05, 3.63) is 12.2 Å². The first kappa shape index (κ1) is 19.9. The Balaban J connectivity index is 1.54. The largest absolute Gasteiger partial charge is 0.462 e. The van der Waals surface area contributed by atoms with Gasteiger partial charge in [0.25, 0.3) is 0 Å². The molecule has 0 N–H and O–H groups in total. The Morgan fingerprint density at radius 2 is 1.27 bits per heavy atom. The summed E-state index contributed by atoms with van der Waals surface area (Å²) in [5.41, 5.74) is 0.513. The van der Waals surface area contributed by atoms with Crippen LogP contribution in [0.5, 0.6) is 0 Å². The predicted molar refractivity (Wildman–Crippen MR) is 107 cm³/mol. The van der Waals surface area contributed by atoms with Crippen LogP contribution in [0.15, 0.2) is 12.2 Å². The number of rotatable bonds is 6. The molecule has 0 atom stereocenters. The summed E-state index contributed by atoms with van der Waals surface area (Å²) in [6, 6.07) is 2.46. The first-order valence-electron chi connectivity index (χ1n) is 11.2. The Kier molecular flexibility index (Phi) is 7.60. The lowest BCUT2D eigenvalue weighted by Gasteiger charge is -2.48. The monoisotopic (exact) mass is 361 g/mol. The molecular formula is C23H39NO2. The predicted octanol–water partition coefficient (Wildman–Crippen LogP) is 5.63. The average Bonchev–Trinajstić information content (AvgIpc) is 2.69. The number of ether oxygens (including phenoxy) is 1. The van der Waals surface area contributed by atoms with E-state index in [1.165, 1.54) is 89.9 Å². The molecule has 3 aliphatic rings. The van der Waals surface area contributed by atoms with E-state index >= 15 is 0 Å². The molecule has 0 aromatic carbocycles. The minimum Gasteiger partial charge on any atom is -0.462 e. The summed E-state index contributed by atoms with van der Waals surface area (Å²) in [6.45, 7) is 5.99. The topological polar surface area (TPSA) is 29.5 Å². The Hall–Kier alpha value is -0.830. The van der Waals surface area contributed by atoms with Crippen molar-refractivity contribution < 1.29 is 9.53 Å². The molecule has 0 aromatic heterocycles. The fourth-order valence-electron chi connectivity index (χ4n) is 5.58. The highest BCUT2D eigenvalue weighted by Crippen LogP contribution is 2.37. The van der Waals surface area contributed by atoms with Gasteiger partial charge in [-0.05, 0) is 64.2 Å². The zero-order chi connectivity index (χ0) is 18.4. The van der Waals surface area contributed by atoms with Crippen molar-refractivity contribution in [3.63, 3.8) is 0 Å². The van der Waals surface area contributed by atoms with Crippen LogP contribution in [-0.4, -0.2) is 35.6 Å². The van der Waals surface area contributed by atoms with E-state index in [1.54, 1.807) is 6.92 Å². The molecule has 0 aromatic rings. The number of esters is 1. The molecule has 0 aliphatic heterocycles. The first-order chi connectivity index (χ1) is 12.6. The van der Waals surface area contributed by atoms with Gasteiger partial charge in [0.2, 0.25) is 0 Å². The molecule has 0 saturated heterocycles. The lowest BCUT2D eigenvalue weighted by atomic mass is 9.81. The number of carbonyl (C=O) groups is 1. The summed E-state index contributed by atoms with van der Waals surface area (Å²) < 4.78 is 5.42.